The van der Waals surface area contributed by atoms with E-state index in [0.29, 0.717) is 5.75 Å². The Labute approximate surface area is 146 Å². The van der Waals surface area contributed by atoms with Gasteiger partial charge in [0.1, 0.15) is 5.75 Å². The zero-order valence-electron chi connectivity index (χ0n) is 14.7. The Hall–Kier alpha value is -2.74. The molecule has 2 N–H and O–H groups in total. The van der Waals surface area contributed by atoms with Crippen LogP contribution in [0.25, 0.3) is 10.9 Å². The van der Waals surface area contributed by atoms with Crippen LogP contribution in [0.3, 0.4) is 0 Å². The predicted molar refractivity (Wildman–Crippen MR) is 92.9 cm³/mol. The van der Waals surface area contributed by atoms with Crippen molar-refractivity contribution >= 4 is 23.5 Å². The number of benzene rings is 1. The van der Waals surface area contributed by atoms with Gasteiger partial charge in [0.15, 0.2) is 0 Å². The lowest BCUT2D eigenvalue weighted by atomic mass is 10.1. The van der Waals surface area contributed by atoms with Crippen molar-refractivity contribution in [2.24, 2.45) is 0 Å². The number of carboxylic acid groups (broad SMARTS) is 1. The van der Waals surface area contributed by atoms with Crippen LogP contribution in [0.1, 0.15) is 12.5 Å². The van der Waals surface area contributed by atoms with Gasteiger partial charge in [0.25, 0.3) is 6.47 Å². The lowest BCUT2D eigenvalue weighted by Gasteiger charge is -2.11. The summed E-state index contributed by atoms with van der Waals surface area (Å²) in [5.74, 6) is 0.691. The first-order valence-corrected chi connectivity index (χ1v) is 7.77. The summed E-state index contributed by atoms with van der Waals surface area (Å²) in [5.41, 5.74) is 2.18. The van der Waals surface area contributed by atoms with Gasteiger partial charge in [-0.15, -0.1) is 0 Å². The van der Waals surface area contributed by atoms with Crippen molar-refractivity contribution < 1.29 is 28.9 Å². The fraction of sp³-hybridized carbons (Fsp3) is 0.412. The van der Waals surface area contributed by atoms with Crippen molar-refractivity contribution in [1.82, 2.24) is 9.88 Å². The molecule has 0 bridgehead atoms. The highest BCUT2D eigenvalue weighted by Gasteiger charge is 2.11. The summed E-state index contributed by atoms with van der Waals surface area (Å²) in [6.07, 6.45) is 2.18. The minimum Gasteiger partial charge on any atom is -0.483 e. The van der Waals surface area contributed by atoms with Gasteiger partial charge in [-0.05, 0) is 45.1 Å². The monoisotopic (exact) mass is 352 g/mol. The Bertz CT molecular complexity index is 668. The van der Waals surface area contributed by atoms with E-state index in [1.165, 1.54) is 5.56 Å². The summed E-state index contributed by atoms with van der Waals surface area (Å²) in [5, 5.41) is 7.91. The third-order valence-corrected chi connectivity index (χ3v) is 3.23. The normalized spacial score (nSPS) is 10.1. The highest BCUT2D eigenvalue weighted by molar-refractivity contribution is 5.89. The molecule has 0 saturated heterocycles. The molecule has 2 aromatic rings. The lowest BCUT2D eigenvalue weighted by molar-refractivity contribution is -0.122. The highest BCUT2D eigenvalue weighted by Crippen LogP contribution is 2.29. The molecule has 138 valence electrons. The molecule has 0 spiro atoms. The van der Waals surface area contributed by atoms with Gasteiger partial charge < -0.3 is 29.2 Å². The van der Waals surface area contributed by atoms with Gasteiger partial charge in [0.05, 0.1) is 6.61 Å². The highest BCUT2D eigenvalue weighted by atomic mass is 16.8. The van der Waals surface area contributed by atoms with Crippen LogP contribution < -0.4 is 4.74 Å². The zero-order valence-corrected chi connectivity index (χ0v) is 14.7. The summed E-state index contributed by atoms with van der Waals surface area (Å²) in [7, 11) is 4.08. The molecule has 0 amide bonds. The zero-order chi connectivity index (χ0) is 18.7. The maximum atomic E-state index is 11.2. The van der Waals surface area contributed by atoms with E-state index in [-0.39, 0.29) is 19.9 Å². The van der Waals surface area contributed by atoms with E-state index in [9.17, 15) is 4.79 Å². The first-order chi connectivity index (χ1) is 12.0. The van der Waals surface area contributed by atoms with Gasteiger partial charge in [0, 0.05) is 23.6 Å². The number of nitrogens with one attached hydrogen (secondary N) is 1. The second-order valence-corrected chi connectivity index (χ2v) is 5.24. The smallest absolute Gasteiger partial charge is 0.483 e. The van der Waals surface area contributed by atoms with Crippen LogP contribution in [0.4, 0.5) is 4.79 Å². The Morgan fingerprint density at radius 1 is 1.32 bits per heavy atom. The molecule has 0 aliphatic heterocycles. The molecular weight excluding hydrogens is 328 g/mol. The van der Waals surface area contributed by atoms with Crippen molar-refractivity contribution in [2.75, 3.05) is 34.0 Å². The Morgan fingerprint density at radius 2 is 2.04 bits per heavy atom. The van der Waals surface area contributed by atoms with Gasteiger partial charge in [-0.2, -0.15) is 0 Å². The van der Waals surface area contributed by atoms with E-state index >= 15 is 0 Å². The summed E-state index contributed by atoms with van der Waals surface area (Å²) >= 11 is 0. The number of carbonyl (C=O) groups is 2. The van der Waals surface area contributed by atoms with Crippen molar-refractivity contribution in [3.63, 3.8) is 0 Å². The standard InChI is InChI=1S/C16H22N2O4.CH2O2/c1-4-20-16(19)22-11-21-14-7-5-6-13-15(14)12(10-17-13)8-9-18(2)3;2-1-3/h5-7,10,17H,4,8-9,11H2,1-3H3;1H,(H,2,3). The summed E-state index contributed by atoms with van der Waals surface area (Å²) in [6.45, 7) is 2.53. The largest absolute Gasteiger partial charge is 0.511 e. The van der Waals surface area contributed by atoms with E-state index in [2.05, 4.69) is 14.6 Å². The Balaban J connectivity index is 0.000000970. The molecule has 0 unspecified atom stereocenters. The second kappa shape index (κ2) is 10.9. The topological polar surface area (TPSA) is 101 Å². The fourth-order valence-corrected chi connectivity index (χ4v) is 2.18. The quantitative estimate of drug-likeness (QED) is 0.448. The SMILES string of the molecule is CCOC(=O)OCOc1cccc2[nH]cc(CCN(C)C)c12.O=CO. The first-order valence-electron chi connectivity index (χ1n) is 7.77. The van der Waals surface area contributed by atoms with Crippen molar-refractivity contribution in [2.45, 2.75) is 13.3 Å². The number of likely N-dealkylation sites (N-methyl/N-ethyl adjacent to an activating group) is 1. The third-order valence-electron chi connectivity index (χ3n) is 3.23. The maximum absolute atomic E-state index is 11.2. The molecule has 0 aliphatic rings. The van der Waals surface area contributed by atoms with Gasteiger partial charge in [0.2, 0.25) is 6.79 Å². The van der Waals surface area contributed by atoms with Crippen LogP contribution in [-0.2, 0) is 20.7 Å². The molecular formula is C17H24N2O6. The second-order valence-electron chi connectivity index (χ2n) is 5.24. The first kappa shape index (κ1) is 20.3. The summed E-state index contributed by atoms with van der Waals surface area (Å²) in [4.78, 5) is 24.9. The number of H-pyrrole nitrogens is 1. The van der Waals surface area contributed by atoms with Crippen molar-refractivity contribution in [3.05, 3.63) is 30.0 Å². The predicted octanol–water partition coefficient (Wildman–Crippen LogP) is 2.48. The van der Waals surface area contributed by atoms with Gasteiger partial charge in [-0.3, -0.25) is 4.79 Å². The van der Waals surface area contributed by atoms with E-state index < -0.39 is 6.16 Å². The number of hydrogen-bond donors (Lipinski definition) is 2. The van der Waals surface area contributed by atoms with Crippen LogP contribution in [0.15, 0.2) is 24.4 Å². The Kier molecular flexibility index (Phi) is 8.87. The molecule has 0 radical (unpaired) electrons. The van der Waals surface area contributed by atoms with Crippen molar-refractivity contribution in [3.8, 4) is 5.75 Å². The third kappa shape index (κ3) is 6.72. The van der Waals surface area contributed by atoms with Crippen LogP contribution in [0, 0.1) is 0 Å². The minimum absolute atomic E-state index is 0.170. The van der Waals surface area contributed by atoms with Gasteiger partial charge in [-0.25, -0.2) is 4.79 Å². The van der Waals surface area contributed by atoms with E-state index in [1.54, 1.807) is 6.92 Å². The average Bonchev–Trinajstić information content (AvgIpc) is 2.98. The Morgan fingerprint density at radius 3 is 2.68 bits per heavy atom. The molecule has 0 fully saturated rings. The van der Waals surface area contributed by atoms with Crippen LogP contribution in [0.5, 0.6) is 5.75 Å². The average molecular weight is 352 g/mol. The molecule has 0 saturated carbocycles. The molecule has 2 rings (SSSR count). The van der Waals surface area contributed by atoms with E-state index in [4.69, 9.17) is 19.4 Å². The number of aromatic nitrogens is 1. The number of ether oxygens (including phenoxy) is 3. The number of hydrogen-bond acceptors (Lipinski definition) is 6. The summed E-state index contributed by atoms with van der Waals surface area (Å²) < 4.78 is 15.1. The molecule has 0 aliphatic carbocycles. The van der Waals surface area contributed by atoms with Crippen LogP contribution in [-0.4, -0.2) is 61.7 Å². The lowest BCUT2D eigenvalue weighted by Crippen LogP contribution is -2.15. The van der Waals surface area contributed by atoms with Gasteiger partial charge >= 0.3 is 6.16 Å². The molecule has 1 aromatic carbocycles. The van der Waals surface area contributed by atoms with Crippen LogP contribution in [0.2, 0.25) is 0 Å². The number of aromatic amines is 1. The van der Waals surface area contributed by atoms with Gasteiger partial charge in [-0.1, -0.05) is 6.07 Å². The minimum atomic E-state index is -0.725. The fourth-order valence-electron chi connectivity index (χ4n) is 2.18. The molecule has 0 atom stereocenters. The van der Waals surface area contributed by atoms with E-state index in [0.717, 1.165) is 23.9 Å². The molecule has 1 heterocycles. The van der Waals surface area contributed by atoms with Crippen LogP contribution >= 0.6 is 0 Å². The molecule has 25 heavy (non-hydrogen) atoms. The maximum Gasteiger partial charge on any atom is 0.511 e. The molecule has 8 heteroatoms. The number of rotatable bonds is 7. The summed E-state index contributed by atoms with van der Waals surface area (Å²) in [6, 6.07) is 5.76. The number of carbonyl (C=O) groups excluding carboxylic acids is 1. The molecule has 1 aromatic heterocycles. The number of nitrogens with zero attached hydrogens (tertiary/aromatic N) is 1. The number of fused-ring (bicyclic) bond motifs is 1. The van der Waals surface area contributed by atoms with E-state index in [1.807, 2.05) is 38.5 Å². The molecule has 8 nitrogen and oxygen atoms in total. The van der Waals surface area contributed by atoms with Crippen molar-refractivity contribution in [1.29, 1.82) is 0 Å².